The van der Waals surface area contributed by atoms with Gasteiger partial charge >= 0.3 is 5.97 Å². The van der Waals surface area contributed by atoms with Gasteiger partial charge in [0.2, 0.25) is 5.91 Å². The number of hydrogen-bond acceptors (Lipinski definition) is 3. The van der Waals surface area contributed by atoms with E-state index in [1.165, 1.54) is 11.3 Å². The molecule has 0 aliphatic rings. The van der Waals surface area contributed by atoms with Gasteiger partial charge in [0.05, 0.1) is 10.8 Å². The summed E-state index contributed by atoms with van der Waals surface area (Å²) in [5.74, 6) is -1.00. The lowest BCUT2D eigenvalue weighted by Crippen LogP contribution is -2.31. The summed E-state index contributed by atoms with van der Waals surface area (Å²) in [7, 11) is 0. The van der Waals surface area contributed by atoms with Crippen molar-refractivity contribution in [1.29, 1.82) is 0 Å². The number of thiophene rings is 1. The fourth-order valence-electron chi connectivity index (χ4n) is 1.78. The number of hydrogen-bond donors (Lipinski definition) is 2. The van der Waals surface area contributed by atoms with Crippen LogP contribution in [0, 0.1) is 5.41 Å². The molecule has 0 aliphatic carbocycles. The maximum absolute atomic E-state index is 11.7. The molecule has 1 heterocycles. The Morgan fingerprint density at radius 1 is 1.37 bits per heavy atom. The molecule has 0 saturated heterocycles. The highest BCUT2D eigenvalue weighted by atomic mass is 35.5. The van der Waals surface area contributed by atoms with Crippen molar-refractivity contribution < 1.29 is 14.7 Å². The summed E-state index contributed by atoms with van der Waals surface area (Å²) in [6.45, 7) is 4.10. The number of nitrogens with one attached hydrogen (secondary N) is 1. The van der Waals surface area contributed by atoms with E-state index >= 15 is 0 Å². The fraction of sp³-hybridized carbons (Fsp3) is 0.538. The van der Waals surface area contributed by atoms with Crippen molar-refractivity contribution in [3.8, 4) is 0 Å². The summed E-state index contributed by atoms with van der Waals surface area (Å²) < 4.78 is 0.740. The molecule has 0 aliphatic heterocycles. The lowest BCUT2D eigenvalue weighted by Gasteiger charge is -2.21. The Labute approximate surface area is 121 Å². The molecule has 19 heavy (non-hydrogen) atoms. The molecule has 0 saturated carbocycles. The van der Waals surface area contributed by atoms with Crippen LogP contribution >= 0.6 is 22.9 Å². The van der Waals surface area contributed by atoms with Crippen LogP contribution in [0.2, 0.25) is 4.34 Å². The average Bonchev–Trinajstić information content (AvgIpc) is 2.61. The number of carboxylic acids is 1. The molecule has 0 unspecified atom stereocenters. The first-order valence-electron chi connectivity index (χ1n) is 6.01. The van der Waals surface area contributed by atoms with Gasteiger partial charge in [0.15, 0.2) is 0 Å². The van der Waals surface area contributed by atoms with Crippen LogP contribution in [-0.4, -0.2) is 23.5 Å². The summed E-state index contributed by atoms with van der Waals surface area (Å²) in [5, 5.41) is 11.5. The molecular formula is C13H18ClNO3S. The van der Waals surface area contributed by atoms with Crippen molar-refractivity contribution >= 4 is 34.8 Å². The molecule has 1 aromatic rings. The van der Waals surface area contributed by atoms with Crippen molar-refractivity contribution in [3.05, 3.63) is 21.3 Å². The van der Waals surface area contributed by atoms with Gasteiger partial charge in [-0.3, -0.25) is 9.59 Å². The Morgan fingerprint density at radius 2 is 2.05 bits per heavy atom. The molecule has 6 heteroatoms. The lowest BCUT2D eigenvalue weighted by atomic mass is 9.85. The van der Waals surface area contributed by atoms with Gasteiger partial charge in [-0.1, -0.05) is 25.4 Å². The molecule has 106 valence electrons. The minimum Gasteiger partial charge on any atom is -0.481 e. The molecular weight excluding hydrogens is 286 g/mol. The Morgan fingerprint density at radius 3 is 2.58 bits per heavy atom. The van der Waals surface area contributed by atoms with E-state index in [9.17, 15) is 9.59 Å². The van der Waals surface area contributed by atoms with Gasteiger partial charge in [0.25, 0.3) is 0 Å². The second kappa shape index (κ2) is 6.91. The molecule has 0 bridgehead atoms. The van der Waals surface area contributed by atoms with E-state index in [1.807, 2.05) is 12.1 Å². The quantitative estimate of drug-likeness (QED) is 0.814. The zero-order chi connectivity index (χ0) is 14.5. The fourth-order valence-corrected chi connectivity index (χ4v) is 2.87. The number of rotatable bonds is 7. The van der Waals surface area contributed by atoms with Crippen LogP contribution in [0.1, 0.15) is 31.6 Å². The summed E-state index contributed by atoms with van der Waals surface area (Å²) >= 11 is 7.31. The number of carboxylic acid groups (broad SMARTS) is 1. The van der Waals surface area contributed by atoms with E-state index in [2.05, 4.69) is 5.32 Å². The Bertz CT molecular complexity index is 456. The summed E-state index contributed by atoms with van der Waals surface area (Å²) in [6, 6.07) is 3.77. The van der Waals surface area contributed by atoms with E-state index in [0.717, 1.165) is 15.6 Å². The van der Waals surface area contributed by atoms with Gasteiger partial charge in [-0.05, 0) is 24.0 Å². The van der Waals surface area contributed by atoms with E-state index in [-0.39, 0.29) is 18.7 Å². The minimum absolute atomic E-state index is 0.0129. The van der Waals surface area contributed by atoms with E-state index in [4.69, 9.17) is 16.7 Å². The van der Waals surface area contributed by atoms with E-state index in [1.54, 1.807) is 13.8 Å². The molecule has 0 spiro atoms. The Kier molecular flexibility index (Phi) is 5.82. The first kappa shape index (κ1) is 16.0. The number of carbonyl (C=O) groups is 2. The van der Waals surface area contributed by atoms with Crippen molar-refractivity contribution in [3.63, 3.8) is 0 Å². The third kappa shape index (κ3) is 6.59. The SMILES string of the molecule is CC(C)(CC(=O)O)CC(=O)NCCc1ccc(Cl)s1. The number of amides is 1. The monoisotopic (exact) mass is 303 g/mol. The maximum atomic E-state index is 11.7. The molecule has 0 atom stereocenters. The van der Waals surface area contributed by atoms with Crippen molar-refractivity contribution in [2.45, 2.75) is 33.1 Å². The summed E-state index contributed by atoms with van der Waals surface area (Å²) in [4.78, 5) is 23.5. The third-order valence-electron chi connectivity index (χ3n) is 2.59. The zero-order valence-electron chi connectivity index (χ0n) is 11.0. The molecule has 1 rings (SSSR count). The van der Waals surface area contributed by atoms with Gasteiger partial charge in [0, 0.05) is 17.8 Å². The van der Waals surface area contributed by atoms with E-state index < -0.39 is 11.4 Å². The van der Waals surface area contributed by atoms with Crippen molar-refractivity contribution in [2.24, 2.45) is 5.41 Å². The molecule has 1 aromatic heterocycles. The van der Waals surface area contributed by atoms with Crippen molar-refractivity contribution in [2.75, 3.05) is 6.54 Å². The molecule has 0 radical (unpaired) electrons. The topological polar surface area (TPSA) is 66.4 Å². The smallest absolute Gasteiger partial charge is 0.303 e. The number of carbonyl (C=O) groups excluding carboxylic acids is 1. The summed E-state index contributed by atoms with van der Waals surface area (Å²) in [5.41, 5.74) is -0.526. The van der Waals surface area contributed by atoms with Crippen LogP contribution in [0.5, 0.6) is 0 Å². The molecule has 4 nitrogen and oxygen atoms in total. The highest BCUT2D eigenvalue weighted by Gasteiger charge is 2.24. The second-order valence-corrected chi connectivity index (χ2v) is 7.02. The normalized spacial score (nSPS) is 11.3. The van der Waals surface area contributed by atoms with Crippen LogP contribution in [0.15, 0.2) is 12.1 Å². The maximum Gasteiger partial charge on any atom is 0.303 e. The zero-order valence-corrected chi connectivity index (χ0v) is 12.6. The third-order valence-corrected chi connectivity index (χ3v) is 3.88. The molecule has 2 N–H and O–H groups in total. The average molecular weight is 304 g/mol. The van der Waals surface area contributed by atoms with Gasteiger partial charge in [-0.15, -0.1) is 11.3 Å². The Balaban J connectivity index is 2.29. The first-order chi connectivity index (χ1) is 8.78. The van der Waals surface area contributed by atoms with Gasteiger partial charge < -0.3 is 10.4 Å². The molecule has 1 amide bonds. The van der Waals surface area contributed by atoms with Gasteiger partial charge in [-0.25, -0.2) is 0 Å². The van der Waals surface area contributed by atoms with Crippen LogP contribution < -0.4 is 5.32 Å². The lowest BCUT2D eigenvalue weighted by molar-refractivity contribution is -0.139. The highest BCUT2D eigenvalue weighted by molar-refractivity contribution is 7.16. The van der Waals surface area contributed by atoms with Gasteiger partial charge in [0.1, 0.15) is 0 Å². The molecule has 0 aromatic carbocycles. The second-order valence-electron chi connectivity index (χ2n) is 5.22. The molecule has 0 fully saturated rings. The predicted octanol–water partition coefficient (Wildman–Crippen LogP) is 2.95. The summed E-state index contributed by atoms with van der Waals surface area (Å²) in [6.07, 6.45) is 0.938. The number of aliphatic carboxylic acids is 1. The van der Waals surface area contributed by atoms with E-state index in [0.29, 0.717) is 6.54 Å². The van der Waals surface area contributed by atoms with Crippen LogP contribution in [-0.2, 0) is 16.0 Å². The van der Waals surface area contributed by atoms with Crippen LogP contribution in [0.4, 0.5) is 0 Å². The first-order valence-corrected chi connectivity index (χ1v) is 7.21. The van der Waals surface area contributed by atoms with Crippen molar-refractivity contribution in [1.82, 2.24) is 5.32 Å². The number of halogens is 1. The highest BCUT2D eigenvalue weighted by Crippen LogP contribution is 2.25. The van der Waals surface area contributed by atoms with Gasteiger partial charge in [-0.2, -0.15) is 0 Å². The minimum atomic E-state index is -0.883. The van der Waals surface area contributed by atoms with Crippen LogP contribution in [0.25, 0.3) is 0 Å². The van der Waals surface area contributed by atoms with Crippen LogP contribution in [0.3, 0.4) is 0 Å². The standard InChI is InChI=1S/C13H18ClNO3S/c1-13(2,8-12(17)18)7-11(16)15-6-5-9-3-4-10(14)19-9/h3-4H,5-8H2,1-2H3,(H,15,16)(H,17,18). The largest absolute Gasteiger partial charge is 0.481 e. The predicted molar refractivity (Wildman–Crippen MR) is 76.7 cm³/mol. The Hall–Kier alpha value is -1.07.